The average Bonchev–Trinajstić information content (AvgIpc) is 3.05. The summed E-state index contributed by atoms with van der Waals surface area (Å²) in [6.45, 7) is 1.70. The van der Waals surface area contributed by atoms with Gasteiger partial charge in [0.05, 0.1) is 0 Å². The Morgan fingerprint density at radius 3 is 2.20 bits per heavy atom. The third-order valence-corrected chi connectivity index (χ3v) is 5.17. The Morgan fingerprint density at radius 2 is 1.63 bits per heavy atom. The predicted octanol–water partition coefficient (Wildman–Crippen LogP) is 3.28. The van der Waals surface area contributed by atoms with Gasteiger partial charge >= 0.3 is 12.1 Å². The number of carboxylic acids is 1. The van der Waals surface area contributed by atoms with Crippen molar-refractivity contribution in [1.29, 1.82) is 0 Å². The largest absolute Gasteiger partial charge is 0.480 e. The minimum Gasteiger partial charge on any atom is -0.480 e. The van der Waals surface area contributed by atoms with Crippen LogP contribution in [0.3, 0.4) is 0 Å². The first-order valence-electron chi connectivity index (χ1n) is 10.1. The van der Waals surface area contributed by atoms with Crippen molar-refractivity contribution in [1.82, 2.24) is 10.6 Å². The Bertz CT molecular complexity index is 882. The van der Waals surface area contributed by atoms with Crippen LogP contribution in [0.4, 0.5) is 4.79 Å². The number of fused-ring (bicyclic) bond motifs is 3. The summed E-state index contributed by atoms with van der Waals surface area (Å²) in [5, 5.41) is 13.7. The van der Waals surface area contributed by atoms with Gasteiger partial charge in [0.15, 0.2) is 0 Å². The summed E-state index contributed by atoms with van der Waals surface area (Å²) >= 11 is 0. The van der Waals surface area contributed by atoms with Crippen molar-refractivity contribution in [2.45, 2.75) is 38.1 Å². The van der Waals surface area contributed by atoms with Crippen molar-refractivity contribution in [3.05, 3.63) is 59.7 Å². The normalized spacial score (nSPS) is 13.1. The monoisotopic (exact) mass is 410 g/mol. The molecule has 7 nitrogen and oxygen atoms in total. The highest BCUT2D eigenvalue weighted by Crippen LogP contribution is 2.44. The quantitative estimate of drug-likeness (QED) is 0.588. The fourth-order valence-corrected chi connectivity index (χ4v) is 3.85. The van der Waals surface area contributed by atoms with E-state index in [-0.39, 0.29) is 18.9 Å². The van der Waals surface area contributed by atoms with Crippen molar-refractivity contribution in [2.75, 3.05) is 13.2 Å². The van der Waals surface area contributed by atoms with Gasteiger partial charge in [-0.15, -0.1) is 0 Å². The van der Waals surface area contributed by atoms with Gasteiger partial charge < -0.3 is 20.5 Å². The second-order valence-corrected chi connectivity index (χ2v) is 7.33. The molecule has 2 aromatic carbocycles. The zero-order chi connectivity index (χ0) is 21.5. The van der Waals surface area contributed by atoms with Gasteiger partial charge in [0, 0.05) is 18.4 Å². The number of nitrogens with one attached hydrogen (secondary N) is 2. The fraction of sp³-hybridized carbons (Fsp3) is 0.348. The Kier molecular flexibility index (Phi) is 7.06. The van der Waals surface area contributed by atoms with Gasteiger partial charge in [-0.2, -0.15) is 0 Å². The molecule has 3 rings (SSSR count). The molecule has 3 N–H and O–H groups in total. The fourth-order valence-electron chi connectivity index (χ4n) is 3.85. The molecule has 0 saturated carbocycles. The molecular formula is C23H26N2O5. The molecule has 0 unspecified atom stereocenters. The van der Waals surface area contributed by atoms with Crippen molar-refractivity contribution < 1.29 is 24.2 Å². The minimum atomic E-state index is -1.11. The number of alkyl carbamates (subject to hydrolysis) is 1. The maximum atomic E-state index is 12.4. The lowest BCUT2D eigenvalue weighted by Gasteiger charge is -2.19. The number of ether oxygens (including phenoxy) is 1. The highest BCUT2D eigenvalue weighted by atomic mass is 16.5. The van der Waals surface area contributed by atoms with E-state index in [1.54, 1.807) is 0 Å². The highest BCUT2D eigenvalue weighted by Gasteiger charge is 2.29. The van der Waals surface area contributed by atoms with Crippen LogP contribution in [-0.4, -0.2) is 42.3 Å². The van der Waals surface area contributed by atoms with Gasteiger partial charge in [0.1, 0.15) is 13.2 Å². The summed E-state index contributed by atoms with van der Waals surface area (Å²) in [6, 6.07) is 15.8. The van der Waals surface area contributed by atoms with Gasteiger partial charge in [0.25, 0.3) is 0 Å². The maximum Gasteiger partial charge on any atom is 0.407 e. The summed E-state index contributed by atoms with van der Waals surface area (Å²) in [7, 11) is 0. The molecule has 1 aliphatic carbocycles. The Balaban J connectivity index is 1.59. The lowest BCUT2D eigenvalue weighted by Crippen LogP contribution is -2.40. The van der Waals surface area contributed by atoms with Crippen LogP contribution in [0.2, 0.25) is 0 Å². The first-order chi connectivity index (χ1) is 14.5. The van der Waals surface area contributed by atoms with Gasteiger partial charge in [-0.3, -0.25) is 9.59 Å². The van der Waals surface area contributed by atoms with E-state index in [4.69, 9.17) is 9.84 Å². The molecule has 0 fully saturated rings. The molecule has 0 radical (unpaired) electrons. The molecule has 30 heavy (non-hydrogen) atoms. The van der Waals surface area contributed by atoms with Gasteiger partial charge in [-0.25, -0.2) is 4.79 Å². The Morgan fingerprint density at radius 1 is 1.03 bits per heavy atom. The SMILES string of the molecule is CCC[C@H](CC(=O)NCC(=O)O)NC(=O)OCC1c2ccccc2-c2ccccc21. The summed E-state index contributed by atoms with van der Waals surface area (Å²) in [5.74, 6) is -1.57. The number of rotatable bonds is 9. The predicted molar refractivity (Wildman–Crippen MR) is 112 cm³/mol. The first-order valence-corrected chi connectivity index (χ1v) is 10.1. The average molecular weight is 410 g/mol. The van der Waals surface area contributed by atoms with Gasteiger partial charge in [0.2, 0.25) is 5.91 Å². The van der Waals surface area contributed by atoms with Crippen LogP contribution >= 0.6 is 0 Å². The number of hydrogen-bond acceptors (Lipinski definition) is 4. The minimum absolute atomic E-state index is 0.00527. The zero-order valence-corrected chi connectivity index (χ0v) is 16.9. The molecule has 0 aromatic heterocycles. The molecule has 2 amide bonds. The van der Waals surface area contributed by atoms with E-state index in [2.05, 4.69) is 22.8 Å². The summed E-state index contributed by atoms with van der Waals surface area (Å²) in [4.78, 5) is 34.9. The van der Waals surface area contributed by atoms with Crippen LogP contribution in [0.25, 0.3) is 11.1 Å². The molecule has 0 saturated heterocycles. The molecule has 1 atom stereocenters. The van der Waals surface area contributed by atoms with Crippen LogP contribution in [0.15, 0.2) is 48.5 Å². The smallest absolute Gasteiger partial charge is 0.407 e. The number of amides is 2. The number of aliphatic carboxylic acids is 1. The molecule has 1 aliphatic rings. The van der Waals surface area contributed by atoms with Crippen molar-refractivity contribution in [3.63, 3.8) is 0 Å². The van der Waals surface area contributed by atoms with Crippen LogP contribution in [-0.2, 0) is 14.3 Å². The van der Waals surface area contributed by atoms with E-state index in [0.29, 0.717) is 6.42 Å². The number of hydrogen-bond donors (Lipinski definition) is 3. The molecular weight excluding hydrogens is 384 g/mol. The van der Waals surface area contributed by atoms with Crippen LogP contribution in [0, 0.1) is 0 Å². The Labute approximate surface area is 175 Å². The summed E-state index contributed by atoms with van der Waals surface area (Å²) in [5.41, 5.74) is 4.57. The van der Waals surface area contributed by atoms with E-state index >= 15 is 0 Å². The van der Waals surface area contributed by atoms with Crippen molar-refractivity contribution in [3.8, 4) is 11.1 Å². The van der Waals surface area contributed by atoms with Crippen LogP contribution in [0.5, 0.6) is 0 Å². The van der Waals surface area contributed by atoms with E-state index in [9.17, 15) is 14.4 Å². The second-order valence-electron chi connectivity index (χ2n) is 7.33. The Hall–Kier alpha value is -3.35. The van der Waals surface area contributed by atoms with Crippen molar-refractivity contribution in [2.24, 2.45) is 0 Å². The standard InChI is InChI=1S/C23H26N2O5/c1-2-7-15(12-21(26)24-13-22(27)28)25-23(29)30-14-20-18-10-5-3-8-16(18)17-9-4-6-11-19(17)20/h3-6,8-11,15,20H,2,7,12-14H2,1H3,(H,24,26)(H,25,29)(H,27,28)/t15-/m1/s1. The van der Waals surface area contributed by atoms with E-state index < -0.39 is 30.6 Å². The van der Waals surface area contributed by atoms with Crippen LogP contribution < -0.4 is 10.6 Å². The molecule has 158 valence electrons. The molecule has 0 aliphatic heterocycles. The molecule has 0 bridgehead atoms. The number of carbonyl (C=O) groups excluding carboxylic acids is 2. The third kappa shape index (κ3) is 5.17. The highest BCUT2D eigenvalue weighted by molar-refractivity contribution is 5.82. The van der Waals surface area contributed by atoms with Gasteiger partial charge in [-0.1, -0.05) is 61.9 Å². The zero-order valence-electron chi connectivity index (χ0n) is 16.9. The lowest BCUT2D eigenvalue weighted by atomic mass is 9.98. The lowest BCUT2D eigenvalue weighted by molar-refractivity contribution is -0.138. The number of benzene rings is 2. The summed E-state index contributed by atoms with van der Waals surface area (Å²) in [6.07, 6.45) is 0.776. The molecule has 0 heterocycles. The van der Waals surface area contributed by atoms with Crippen molar-refractivity contribution >= 4 is 18.0 Å². The molecule has 7 heteroatoms. The van der Waals surface area contributed by atoms with E-state index in [0.717, 1.165) is 28.7 Å². The van der Waals surface area contributed by atoms with Crippen LogP contribution in [0.1, 0.15) is 43.2 Å². The molecule has 0 spiro atoms. The summed E-state index contributed by atoms with van der Waals surface area (Å²) < 4.78 is 5.52. The van der Waals surface area contributed by atoms with E-state index in [1.165, 1.54) is 0 Å². The topological polar surface area (TPSA) is 105 Å². The first kappa shape index (κ1) is 21.4. The van der Waals surface area contributed by atoms with E-state index in [1.807, 2.05) is 43.3 Å². The van der Waals surface area contributed by atoms with Gasteiger partial charge in [-0.05, 0) is 28.7 Å². The number of carbonyl (C=O) groups is 3. The number of carboxylic acid groups (broad SMARTS) is 1. The second kappa shape index (κ2) is 9.91. The molecule has 2 aromatic rings. The third-order valence-electron chi connectivity index (χ3n) is 5.17. The maximum absolute atomic E-state index is 12.4.